The van der Waals surface area contributed by atoms with E-state index in [2.05, 4.69) is 11.6 Å². The van der Waals surface area contributed by atoms with Crippen LogP contribution < -0.4 is 5.32 Å². The Morgan fingerprint density at radius 2 is 2.18 bits per heavy atom. The predicted molar refractivity (Wildman–Crippen MR) is 74.9 cm³/mol. The fraction of sp³-hybridized carbons (Fsp3) is 1.00. The largest absolute Gasteiger partial charge is 0.379 e. The Morgan fingerprint density at radius 3 is 2.94 bits per heavy atom. The Hall–Kier alpha value is 0.230. The van der Waals surface area contributed by atoms with E-state index in [0.29, 0.717) is 6.10 Å². The van der Waals surface area contributed by atoms with E-state index in [9.17, 15) is 0 Å². The summed E-state index contributed by atoms with van der Waals surface area (Å²) in [5.41, 5.74) is 0. The van der Waals surface area contributed by atoms with Gasteiger partial charge in [0.05, 0.1) is 12.7 Å². The highest BCUT2D eigenvalue weighted by molar-refractivity contribution is 7.98. The first-order valence-electron chi connectivity index (χ1n) is 6.82. The summed E-state index contributed by atoms with van der Waals surface area (Å²) < 4.78 is 11.1. The zero-order valence-electron chi connectivity index (χ0n) is 11.1. The molecule has 0 aliphatic carbocycles. The third-order valence-electron chi connectivity index (χ3n) is 2.92. The molecule has 0 aromatic carbocycles. The number of hydrogen-bond donors (Lipinski definition) is 1. The lowest BCUT2D eigenvalue weighted by Crippen LogP contribution is -2.20. The number of hydrogen-bond acceptors (Lipinski definition) is 4. The van der Waals surface area contributed by atoms with Crippen LogP contribution in [0.15, 0.2) is 0 Å². The molecule has 0 bridgehead atoms. The molecule has 0 aromatic rings. The van der Waals surface area contributed by atoms with Gasteiger partial charge >= 0.3 is 0 Å². The normalized spacial score (nSPS) is 19.9. The van der Waals surface area contributed by atoms with Crippen LogP contribution in [0.2, 0.25) is 0 Å². The maximum atomic E-state index is 5.59. The highest BCUT2D eigenvalue weighted by atomic mass is 32.2. The zero-order valence-corrected chi connectivity index (χ0v) is 11.9. The van der Waals surface area contributed by atoms with Crippen molar-refractivity contribution < 1.29 is 9.47 Å². The fourth-order valence-corrected chi connectivity index (χ4v) is 2.40. The van der Waals surface area contributed by atoms with Crippen LogP contribution >= 0.6 is 11.8 Å². The molecular formula is C13H27NO2S. The highest BCUT2D eigenvalue weighted by Gasteiger charge is 2.14. The lowest BCUT2D eigenvalue weighted by Gasteiger charge is -2.10. The molecule has 17 heavy (non-hydrogen) atoms. The molecule has 1 aliphatic heterocycles. The van der Waals surface area contributed by atoms with Crippen molar-refractivity contribution in [1.29, 1.82) is 0 Å². The first kappa shape index (κ1) is 15.3. The molecule has 1 atom stereocenters. The summed E-state index contributed by atoms with van der Waals surface area (Å²) in [7, 11) is 0. The van der Waals surface area contributed by atoms with Crippen LogP contribution in [-0.2, 0) is 9.47 Å². The first-order valence-corrected chi connectivity index (χ1v) is 8.22. The average Bonchev–Trinajstić information content (AvgIpc) is 2.85. The molecule has 0 amide bonds. The van der Waals surface area contributed by atoms with Crippen molar-refractivity contribution in [3.8, 4) is 0 Å². The molecule has 1 aliphatic rings. The van der Waals surface area contributed by atoms with E-state index in [1.54, 1.807) is 0 Å². The van der Waals surface area contributed by atoms with Crippen molar-refractivity contribution >= 4 is 11.8 Å². The molecule has 1 saturated heterocycles. The van der Waals surface area contributed by atoms with Crippen LogP contribution in [0.4, 0.5) is 0 Å². The molecule has 1 fully saturated rings. The van der Waals surface area contributed by atoms with Crippen molar-refractivity contribution in [2.24, 2.45) is 0 Å². The van der Waals surface area contributed by atoms with Gasteiger partial charge in [0.15, 0.2) is 0 Å². The molecule has 102 valence electrons. The minimum atomic E-state index is 0.370. The molecule has 4 heteroatoms. The molecule has 1 N–H and O–H groups in total. The van der Waals surface area contributed by atoms with Gasteiger partial charge in [-0.15, -0.1) is 0 Å². The summed E-state index contributed by atoms with van der Waals surface area (Å²) in [6.45, 7) is 4.79. The van der Waals surface area contributed by atoms with E-state index in [0.717, 1.165) is 39.3 Å². The van der Waals surface area contributed by atoms with Crippen molar-refractivity contribution in [1.82, 2.24) is 5.32 Å². The molecule has 0 saturated carbocycles. The summed E-state index contributed by atoms with van der Waals surface area (Å²) in [6.07, 6.45) is 8.63. The smallest absolute Gasteiger partial charge is 0.0809 e. The number of ether oxygens (including phenoxy) is 2. The molecule has 0 aromatic heterocycles. The molecule has 1 unspecified atom stereocenters. The maximum Gasteiger partial charge on any atom is 0.0809 e. The van der Waals surface area contributed by atoms with E-state index in [1.807, 2.05) is 11.8 Å². The number of unbranched alkanes of at least 4 members (excludes halogenated alkanes) is 1. The number of thioether (sulfide) groups is 1. The van der Waals surface area contributed by atoms with Gasteiger partial charge in [-0.25, -0.2) is 0 Å². The van der Waals surface area contributed by atoms with Gasteiger partial charge in [0.25, 0.3) is 0 Å². The van der Waals surface area contributed by atoms with Crippen LogP contribution in [0.5, 0.6) is 0 Å². The average molecular weight is 261 g/mol. The summed E-state index contributed by atoms with van der Waals surface area (Å²) in [6, 6.07) is 0. The van der Waals surface area contributed by atoms with E-state index < -0.39 is 0 Å². The van der Waals surface area contributed by atoms with Crippen LogP contribution in [0, 0.1) is 0 Å². The van der Waals surface area contributed by atoms with Crippen molar-refractivity contribution in [3.63, 3.8) is 0 Å². The fourth-order valence-electron chi connectivity index (χ4n) is 1.91. The quantitative estimate of drug-likeness (QED) is 0.578. The zero-order chi connectivity index (χ0) is 12.2. The second kappa shape index (κ2) is 11.3. The van der Waals surface area contributed by atoms with Gasteiger partial charge < -0.3 is 14.8 Å². The molecule has 1 heterocycles. The van der Waals surface area contributed by atoms with Gasteiger partial charge in [-0.1, -0.05) is 0 Å². The highest BCUT2D eigenvalue weighted by Crippen LogP contribution is 2.11. The second-order valence-electron chi connectivity index (χ2n) is 4.51. The minimum absolute atomic E-state index is 0.370. The standard InChI is InChI=1S/C13H27NO2S/c1-17-11-3-2-7-14-8-5-9-15-12-13-6-4-10-16-13/h13-14H,2-12H2,1H3. The van der Waals surface area contributed by atoms with Gasteiger partial charge in [-0.2, -0.15) is 11.8 Å². The molecule has 0 radical (unpaired) electrons. The summed E-state index contributed by atoms with van der Waals surface area (Å²) in [5, 5.41) is 3.45. The summed E-state index contributed by atoms with van der Waals surface area (Å²) >= 11 is 1.93. The van der Waals surface area contributed by atoms with E-state index in [4.69, 9.17) is 9.47 Å². The Kier molecular flexibility index (Phi) is 10.2. The van der Waals surface area contributed by atoms with Crippen molar-refractivity contribution in [2.75, 3.05) is 44.9 Å². The third kappa shape index (κ3) is 8.89. The second-order valence-corrected chi connectivity index (χ2v) is 5.50. The molecule has 0 spiro atoms. The SMILES string of the molecule is CSCCCCNCCCOCC1CCCO1. The predicted octanol–water partition coefficient (Wildman–Crippen LogP) is 2.30. The number of nitrogens with one attached hydrogen (secondary N) is 1. The third-order valence-corrected chi connectivity index (χ3v) is 3.62. The minimum Gasteiger partial charge on any atom is -0.379 e. The first-order chi connectivity index (χ1) is 8.43. The topological polar surface area (TPSA) is 30.5 Å². The molecule has 1 rings (SSSR count). The van der Waals surface area contributed by atoms with Crippen molar-refractivity contribution in [3.05, 3.63) is 0 Å². The lowest BCUT2D eigenvalue weighted by atomic mass is 10.2. The van der Waals surface area contributed by atoms with Gasteiger partial charge in [0.2, 0.25) is 0 Å². The molecule has 3 nitrogen and oxygen atoms in total. The van der Waals surface area contributed by atoms with Crippen LogP contribution in [0.1, 0.15) is 32.1 Å². The van der Waals surface area contributed by atoms with E-state index in [1.165, 1.54) is 31.4 Å². The summed E-state index contributed by atoms with van der Waals surface area (Å²) in [4.78, 5) is 0. The molecular weight excluding hydrogens is 234 g/mol. The van der Waals surface area contributed by atoms with Gasteiger partial charge in [0.1, 0.15) is 0 Å². The Morgan fingerprint density at radius 1 is 1.29 bits per heavy atom. The maximum absolute atomic E-state index is 5.59. The van der Waals surface area contributed by atoms with Gasteiger partial charge in [-0.3, -0.25) is 0 Å². The van der Waals surface area contributed by atoms with Crippen LogP contribution in [0.25, 0.3) is 0 Å². The van der Waals surface area contributed by atoms with Gasteiger partial charge in [-0.05, 0) is 57.2 Å². The van der Waals surface area contributed by atoms with Crippen LogP contribution in [0.3, 0.4) is 0 Å². The van der Waals surface area contributed by atoms with Crippen LogP contribution in [-0.4, -0.2) is 51.0 Å². The monoisotopic (exact) mass is 261 g/mol. The van der Waals surface area contributed by atoms with E-state index in [-0.39, 0.29) is 0 Å². The Balaban J connectivity index is 1.69. The van der Waals surface area contributed by atoms with Crippen molar-refractivity contribution in [2.45, 2.75) is 38.2 Å². The Labute approximate surface area is 110 Å². The summed E-state index contributed by atoms with van der Waals surface area (Å²) in [5.74, 6) is 1.28. The Bertz CT molecular complexity index is 163. The lowest BCUT2D eigenvalue weighted by molar-refractivity contribution is 0.0166. The number of rotatable bonds is 11. The van der Waals surface area contributed by atoms with Gasteiger partial charge in [0, 0.05) is 13.2 Å². The van der Waals surface area contributed by atoms with E-state index >= 15 is 0 Å².